The summed E-state index contributed by atoms with van der Waals surface area (Å²) in [5.74, 6) is 1.76. The molecule has 138 valence electrons. The Morgan fingerprint density at radius 1 is 1.15 bits per heavy atom. The maximum Gasteiger partial charge on any atom is 0.160 e. The third-order valence-electron chi connectivity index (χ3n) is 4.30. The summed E-state index contributed by atoms with van der Waals surface area (Å²) >= 11 is 1.61. The van der Waals surface area contributed by atoms with E-state index in [1.165, 1.54) is 5.56 Å². The van der Waals surface area contributed by atoms with Crippen LogP contribution in [0, 0.1) is 6.92 Å². The Morgan fingerprint density at radius 2 is 2.00 bits per heavy atom. The van der Waals surface area contributed by atoms with Crippen molar-refractivity contribution in [3.8, 4) is 5.75 Å². The van der Waals surface area contributed by atoms with Crippen LogP contribution >= 0.6 is 11.3 Å². The van der Waals surface area contributed by atoms with Crippen molar-refractivity contribution in [2.45, 2.75) is 33.0 Å². The maximum atomic E-state index is 5.80. The van der Waals surface area contributed by atoms with E-state index in [-0.39, 0.29) is 6.04 Å². The molecule has 0 aliphatic rings. The SMILES string of the molecule is Cc1ccc(OCc2nc(CNC(C)c3nnc4ccccn34)cs2)cc1. The van der Waals surface area contributed by atoms with Crippen molar-refractivity contribution in [2.75, 3.05) is 0 Å². The molecule has 1 aromatic carbocycles. The molecule has 0 aliphatic carbocycles. The fourth-order valence-corrected chi connectivity index (χ4v) is 3.49. The van der Waals surface area contributed by atoms with Gasteiger partial charge in [-0.2, -0.15) is 0 Å². The molecule has 0 radical (unpaired) electrons. The van der Waals surface area contributed by atoms with Crippen LogP contribution in [0.2, 0.25) is 0 Å². The lowest BCUT2D eigenvalue weighted by atomic mass is 10.2. The summed E-state index contributed by atoms with van der Waals surface area (Å²) < 4.78 is 7.80. The Morgan fingerprint density at radius 3 is 2.85 bits per heavy atom. The number of fused-ring (bicyclic) bond motifs is 1. The van der Waals surface area contributed by atoms with Gasteiger partial charge in [0.2, 0.25) is 0 Å². The number of rotatable bonds is 7. The molecule has 0 bridgehead atoms. The van der Waals surface area contributed by atoms with Crippen molar-refractivity contribution in [3.05, 3.63) is 76.1 Å². The van der Waals surface area contributed by atoms with Crippen molar-refractivity contribution in [2.24, 2.45) is 0 Å². The van der Waals surface area contributed by atoms with Gasteiger partial charge in [-0.3, -0.25) is 4.40 Å². The van der Waals surface area contributed by atoms with Gasteiger partial charge < -0.3 is 10.1 Å². The minimum atomic E-state index is 0.0661. The van der Waals surface area contributed by atoms with Gasteiger partial charge >= 0.3 is 0 Å². The number of hydrogen-bond donors (Lipinski definition) is 1. The van der Waals surface area contributed by atoms with Gasteiger partial charge in [0.05, 0.1) is 11.7 Å². The number of aromatic nitrogens is 4. The molecule has 27 heavy (non-hydrogen) atoms. The molecular weight excluding hydrogens is 358 g/mol. The number of thiazole rings is 1. The first-order valence-electron chi connectivity index (χ1n) is 8.85. The minimum absolute atomic E-state index is 0.0661. The zero-order valence-corrected chi connectivity index (χ0v) is 16.1. The van der Waals surface area contributed by atoms with Crippen LogP contribution in [0.25, 0.3) is 5.65 Å². The van der Waals surface area contributed by atoms with Crippen LogP contribution in [0.15, 0.2) is 54.0 Å². The largest absolute Gasteiger partial charge is 0.486 e. The van der Waals surface area contributed by atoms with E-state index in [2.05, 4.69) is 39.7 Å². The van der Waals surface area contributed by atoms with Gasteiger partial charge in [0.15, 0.2) is 11.5 Å². The van der Waals surface area contributed by atoms with Gasteiger partial charge in [0.25, 0.3) is 0 Å². The van der Waals surface area contributed by atoms with Gasteiger partial charge in [0, 0.05) is 18.1 Å². The minimum Gasteiger partial charge on any atom is -0.486 e. The van der Waals surface area contributed by atoms with Crippen LogP contribution in [0.3, 0.4) is 0 Å². The summed E-state index contributed by atoms with van der Waals surface area (Å²) in [5.41, 5.74) is 3.08. The number of pyridine rings is 1. The molecule has 3 aromatic heterocycles. The first kappa shape index (κ1) is 17.6. The highest BCUT2D eigenvalue weighted by molar-refractivity contribution is 7.09. The summed E-state index contributed by atoms with van der Waals surface area (Å²) in [6.07, 6.45) is 1.98. The highest BCUT2D eigenvalue weighted by atomic mass is 32.1. The first-order valence-corrected chi connectivity index (χ1v) is 9.73. The van der Waals surface area contributed by atoms with E-state index in [1.807, 2.05) is 53.1 Å². The van der Waals surface area contributed by atoms with Crippen LogP contribution in [-0.4, -0.2) is 19.6 Å². The van der Waals surface area contributed by atoms with Gasteiger partial charge in [-0.05, 0) is 38.1 Å². The van der Waals surface area contributed by atoms with Gasteiger partial charge in [-0.25, -0.2) is 4.98 Å². The summed E-state index contributed by atoms with van der Waals surface area (Å²) in [6.45, 7) is 5.30. The number of nitrogens with one attached hydrogen (secondary N) is 1. The molecule has 0 spiro atoms. The smallest absolute Gasteiger partial charge is 0.160 e. The quantitative estimate of drug-likeness (QED) is 0.527. The normalized spacial score (nSPS) is 12.4. The molecule has 1 N–H and O–H groups in total. The van der Waals surface area contributed by atoms with Crippen molar-refractivity contribution >= 4 is 17.0 Å². The predicted octanol–water partition coefficient (Wildman–Crippen LogP) is 3.92. The summed E-state index contributed by atoms with van der Waals surface area (Å²) in [4.78, 5) is 4.65. The Bertz CT molecular complexity index is 1020. The van der Waals surface area contributed by atoms with E-state index in [1.54, 1.807) is 11.3 Å². The topological polar surface area (TPSA) is 64.3 Å². The van der Waals surface area contributed by atoms with Crippen molar-refractivity contribution < 1.29 is 4.74 Å². The molecule has 0 aliphatic heterocycles. The predicted molar refractivity (Wildman–Crippen MR) is 106 cm³/mol. The van der Waals surface area contributed by atoms with Crippen LogP contribution in [0.4, 0.5) is 0 Å². The molecule has 4 aromatic rings. The third-order valence-corrected chi connectivity index (χ3v) is 5.17. The summed E-state index contributed by atoms with van der Waals surface area (Å²) in [5, 5.41) is 15.0. The maximum absolute atomic E-state index is 5.80. The second-order valence-corrected chi connectivity index (χ2v) is 7.37. The van der Waals surface area contributed by atoms with E-state index < -0.39 is 0 Å². The zero-order chi connectivity index (χ0) is 18.6. The highest BCUT2D eigenvalue weighted by Gasteiger charge is 2.13. The Balaban J connectivity index is 1.33. The summed E-state index contributed by atoms with van der Waals surface area (Å²) in [6, 6.07) is 14.0. The number of aryl methyl sites for hydroxylation is 1. The average Bonchev–Trinajstić information content (AvgIpc) is 3.32. The fourth-order valence-electron chi connectivity index (χ4n) is 2.78. The lowest BCUT2D eigenvalue weighted by Crippen LogP contribution is -2.20. The standard InChI is InChI=1S/C20H21N5OS/c1-14-6-8-17(9-7-14)26-12-19-22-16(13-27-19)11-21-15(2)20-24-23-18-5-3-4-10-25(18)20/h3-10,13,15,21H,11-12H2,1-2H3. The molecule has 3 heterocycles. The number of benzene rings is 1. The molecule has 0 amide bonds. The zero-order valence-electron chi connectivity index (χ0n) is 15.3. The molecule has 1 atom stereocenters. The Labute approximate surface area is 161 Å². The number of nitrogens with zero attached hydrogens (tertiary/aromatic N) is 4. The van der Waals surface area contributed by atoms with E-state index in [4.69, 9.17) is 4.74 Å². The molecule has 0 saturated heterocycles. The summed E-state index contributed by atoms with van der Waals surface area (Å²) in [7, 11) is 0. The lowest BCUT2D eigenvalue weighted by Gasteiger charge is -2.11. The van der Waals surface area contributed by atoms with Crippen molar-refractivity contribution in [1.82, 2.24) is 24.9 Å². The highest BCUT2D eigenvalue weighted by Crippen LogP contribution is 2.17. The number of hydrogen-bond acceptors (Lipinski definition) is 6. The Hall–Kier alpha value is -2.77. The molecule has 0 fully saturated rings. The number of ether oxygens (including phenoxy) is 1. The van der Waals surface area contributed by atoms with Gasteiger partial charge in [-0.15, -0.1) is 21.5 Å². The fraction of sp³-hybridized carbons (Fsp3) is 0.250. The third kappa shape index (κ3) is 4.15. The van der Waals surface area contributed by atoms with E-state index >= 15 is 0 Å². The molecule has 1 unspecified atom stereocenters. The van der Waals surface area contributed by atoms with Crippen LogP contribution in [0.5, 0.6) is 5.75 Å². The molecular formula is C20H21N5OS. The van der Waals surface area contributed by atoms with Crippen molar-refractivity contribution in [1.29, 1.82) is 0 Å². The van der Waals surface area contributed by atoms with Crippen LogP contribution in [-0.2, 0) is 13.2 Å². The van der Waals surface area contributed by atoms with E-state index in [0.717, 1.165) is 27.9 Å². The van der Waals surface area contributed by atoms with Gasteiger partial charge in [0.1, 0.15) is 17.4 Å². The molecule has 6 nitrogen and oxygen atoms in total. The monoisotopic (exact) mass is 379 g/mol. The molecule has 7 heteroatoms. The van der Waals surface area contributed by atoms with Crippen LogP contribution in [0.1, 0.15) is 35.1 Å². The van der Waals surface area contributed by atoms with Crippen molar-refractivity contribution in [3.63, 3.8) is 0 Å². The van der Waals surface area contributed by atoms with E-state index in [9.17, 15) is 0 Å². The average molecular weight is 379 g/mol. The second-order valence-electron chi connectivity index (χ2n) is 6.42. The van der Waals surface area contributed by atoms with Crippen LogP contribution < -0.4 is 10.1 Å². The molecule has 0 saturated carbocycles. The van der Waals surface area contributed by atoms with Gasteiger partial charge in [-0.1, -0.05) is 23.8 Å². The lowest BCUT2D eigenvalue weighted by molar-refractivity contribution is 0.305. The Kier molecular flexibility index (Phi) is 5.13. The van der Waals surface area contributed by atoms with E-state index in [0.29, 0.717) is 13.2 Å². The molecule has 4 rings (SSSR count). The first-order chi connectivity index (χ1) is 13.2. The second kappa shape index (κ2) is 7.85.